The third-order valence-corrected chi connectivity index (χ3v) is 3.66. The quantitative estimate of drug-likeness (QED) is 0.909. The van der Waals surface area contributed by atoms with Gasteiger partial charge in [0.25, 0.3) is 0 Å². The van der Waals surface area contributed by atoms with E-state index in [0.29, 0.717) is 0 Å². The van der Waals surface area contributed by atoms with Crippen LogP contribution < -0.4 is 5.32 Å². The van der Waals surface area contributed by atoms with Crippen molar-refractivity contribution in [3.8, 4) is 11.4 Å². The number of nitrogens with one attached hydrogen (secondary N) is 1. The highest BCUT2D eigenvalue weighted by Gasteiger charge is 2.12. The molecular weight excluding hydrogens is 234 g/mol. The summed E-state index contributed by atoms with van der Waals surface area (Å²) < 4.78 is 0. The number of rotatable bonds is 3. The van der Waals surface area contributed by atoms with E-state index in [1.54, 1.807) is 0 Å². The van der Waals surface area contributed by atoms with Gasteiger partial charge in [-0.3, -0.25) is 0 Å². The second-order valence-corrected chi connectivity index (χ2v) is 4.82. The summed E-state index contributed by atoms with van der Waals surface area (Å²) in [6.45, 7) is 8.44. The first kappa shape index (κ1) is 13.5. The van der Waals surface area contributed by atoms with Crippen LogP contribution in [-0.4, -0.2) is 17.0 Å². The first-order valence-corrected chi connectivity index (χ1v) is 6.70. The van der Waals surface area contributed by atoms with E-state index in [1.165, 1.54) is 11.1 Å². The minimum atomic E-state index is 0.813. The molecule has 0 aliphatic heterocycles. The van der Waals surface area contributed by atoms with Gasteiger partial charge in [0.05, 0.1) is 0 Å². The summed E-state index contributed by atoms with van der Waals surface area (Å²) in [4.78, 5) is 9.37. The maximum Gasteiger partial charge on any atom is 0.162 e. The van der Waals surface area contributed by atoms with Gasteiger partial charge in [-0.05, 0) is 38.3 Å². The molecule has 0 bridgehead atoms. The summed E-state index contributed by atoms with van der Waals surface area (Å²) in [6, 6.07) is 6.27. The SMILES string of the molecule is CCc1nc(-c2cccc(C)c2C)nc(NC)c1C. The van der Waals surface area contributed by atoms with Crippen LogP contribution in [0.5, 0.6) is 0 Å². The summed E-state index contributed by atoms with van der Waals surface area (Å²) in [6.07, 6.45) is 0.918. The third kappa shape index (κ3) is 2.46. The molecule has 19 heavy (non-hydrogen) atoms. The summed E-state index contributed by atoms with van der Waals surface area (Å²) in [5.41, 5.74) is 5.88. The highest BCUT2D eigenvalue weighted by Crippen LogP contribution is 2.26. The Labute approximate surface area is 115 Å². The Balaban J connectivity index is 2.65. The smallest absolute Gasteiger partial charge is 0.162 e. The van der Waals surface area contributed by atoms with Crippen molar-refractivity contribution >= 4 is 5.82 Å². The predicted molar refractivity (Wildman–Crippen MR) is 80.6 cm³/mol. The van der Waals surface area contributed by atoms with Gasteiger partial charge in [0.2, 0.25) is 0 Å². The minimum Gasteiger partial charge on any atom is -0.373 e. The van der Waals surface area contributed by atoms with Gasteiger partial charge in [0.1, 0.15) is 5.82 Å². The Morgan fingerprint density at radius 1 is 1.05 bits per heavy atom. The summed E-state index contributed by atoms with van der Waals surface area (Å²) in [5.74, 6) is 1.73. The van der Waals surface area contributed by atoms with Gasteiger partial charge in [-0.15, -0.1) is 0 Å². The maximum atomic E-state index is 4.72. The van der Waals surface area contributed by atoms with Crippen LogP contribution in [0.15, 0.2) is 18.2 Å². The fraction of sp³-hybridized carbons (Fsp3) is 0.375. The van der Waals surface area contributed by atoms with Crippen molar-refractivity contribution < 1.29 is 0 Å². The lowest BCUT2D eigenvalue weighted by atomic mass is 10.0. The monoisotopic (exact) mass is 255 g/mol. The molecule has 0 atom stereocenters. The molecule has 3 heteroatoms. The fourth-order valence-electron chi connectivity index (χ4n) is 2.26. The number of hydrogen-bond acceptors (Lipinski definition) is 3. The van der Waals surface area contributed by atoms with Gasteiger partial charge >= 0.3 is 0 Å². The molecule has 1 aromatic carbocycles. The van der Waals surface area contributed by atoms with Gasteiger partial charge in [-0.2, -0.15) is 0 Å². The van der Waals surface area contributed by atoms with Crippen molar-refractivity contribution in [3.63, 3.8) is 0 Å². The lowest BCUT2D eigenvalue weighted by Crippen LogP contribution is -2.05. The molecular formula is C16H21N3. The number of benzene rings is 1. The first-order valence-electron chi connectivity index (χ1n) is 6.70. The Bertz CT molecular complexity index is 578. The molecule has 0 aliphatic carbocycles. The molecule has 100 valence electrons. The van der Waals surface area contributed by atoms with Crippen LogP contribution in [-0.2, 0) is 6.42 Å². The van der Waals surface area contributed by atoms with Crippen LogP contribution in [0.4, 0.5) is 5.82 Å². The van der Waals surface area contributed by atoms with Crippen LogP contribution in [0, 0.1) is 20.8 Å². The number of anilines is 1. The molecule has 1 aromatic heterocycles. The molecule has 3 nitrogen and oxygen atoms in total. The number of aryl methyl sites for hydroxylation is 2. The molecule has 0 saturated carbocycles. The number of aromatic nitrogens is 2. The van der Waals surface area contributed by atoms with E-state index in [1.807, 2.05) is 7.05 Å². The molecule has 0 radical (unpaired) electrons. The molecule has 2 rings (SSSR count). The Hall–Kier alpha value is -1.90. The molecule has 0 amide bonds. The standard InChI is InChI=1S/C16H21N3/c1-6-14-12(4)15(17-5)19-16(18-14)13-9-7-8-10(2)11(13)3/h7-9H,6H2,1-5H3,(H,17,18,19). The highest BCUT2D eigenvalue weighted by atomic mass is 15.0. The zero-order valence-corrected chi connectivity index (χ0v) is 12.3. The van der Waals surface area contributed by atoms with E-state index in [-0.39, 0.29) is 0 Å². The van der Waals surface area contributed by atoms with Crippen LogP contribution >= 0.6 is 0 Å². The van der Waals surface area contributed by atoms with Gasteiger partial charge < -0.3 is 5.32 Å². The molecule has 0 fully saturated rings. The Kier molecular flexibility index (Phi) is 3.84. The summed E-state index contributed by atoms with van der Waals surface area (Å²) in [5, 5.41) is 3.16. The van der Waals surface area contributed by atoms with E-state index in [2.05, 4.69) is 56.2 Å². The molecule has 0 saturated heterocycles. The van der Waals surface area contributed by atoms with Crippen molar-refractivity contribution in [2.75, 3.05) is 12.4 Å². The predicted octanol–water partition coefficient (Wildman–Crippen LogP) is 3.67. The Morgan fingerprint density at radius 3 is 2.42 bits per heavy atom. The fourth-order valence-corrected chi connectivity index (χ4v) is 2.26. The molecule has 1 heterocycles. The maximum absolute atomic E-state index is 4.72. The van der Waals surface area contributed by atoms with E-state index in [4.69, 9.17) is 4.98 Å². The zero-order chi connectivity index (χ0) is 14.0. The second-order valence-electron chi connectivity index (χ2n) is 4.82. The molecule has 2 aromatic rings. The van der Waals surface area contributed by atoms with E-state index >= 15 is 0 Å². The van der Waals surface area contributed by atoms with Crippen molar-refractivity contribution in [2.45, 2.75) is 34.1 Å². The van der Waals surface area contributed by atoms with E-state index in [9.17, 15) is 0 Å². The average molecular weight is 255 g/mol. The first-order chi connectivity index (χ1) is 9.08. The third-order valence-electron chi connectivity index (χ3n) is 3.66. The number of hydrogen-bond donors (Lipinski definition) is 1. The zero-order valence-electron chi connectivity index (χ0n) is 12.3. The molecule has 0 unspecified atom stereocenters. The van der Waals surface area contributed by atoms with Crippen LogP contribution in [0.3, 0.4) is 0 Å². The van der Waals surface area contributed by atoms with Crippen molar-refractivity contribution in [3.05, 3.63) is 40.6 Å². The largest absolute Gasteiger partial charge is 0.373 e. The van der Waals surface area contributed by atoms with Crippen LogP contribution in [0.25, 0.3) is 11.4 Å². The van der Waals surface area contributed by atoms with Crippen LogP contribution in [0.1, 0.15) is 29.3 Å². The molecule has 1 N–H and O–H groups in total. The number of nitrogens with zero attached hydrogens (tertiary/aromatic N) is 2. The van der Waals surface area contributed by atoms with Gasteiger partial charge in [0.15, 0.2) is 5.82 Å². The van der Waals surface area contributed by atoms with Gasteiger partial charge in [0, 0.05) is 23.9 Å². The summed E-state index contributed by atoms with van der Waals surface area (Å²) in [7, 11) is 1.90. The Morgan fingerprint density at radius 2 is 1.79 bits per heavy atom. The molecule has 0 aliphatic rings. The van der Waals surface area contributed by atoms with Crippen LogP contribution in [0.2, 0.25) is 0 Å². The minimum absolute atomic E-state index is 0.813. The van der Waals surface area contributed by atoms with Crippen molar-refractivity contribution in [1.82, 2.24) is 9.97 Å². The lowest BCUT2D eigenvalue weighted by molar-refractivity contribution is 0.976. The van der Waals surface area contributed by atoms with E-state index in [0.717, 1.165) is 34.9 Å². The van der Waals surface area contributed by atoms with Gasteiger partial charge in [-0.25, -0.2) is 9.97 Å². The van der Waals surface area contributed by atoms with Crippen molar-refractivity contribution in [2.24, 2.45) is 0 Å². The summed E-state index contributed by atoms with van der Waals surface area (Å²) >= 11 is 0. The average Bonchev–Trinajstić information content (AvgIpc) is 2.42. The molecule has 0 spiro atoms. The second kappa shape index (κ2) is 5.39. The van der Waals surface area contributed by atoms with Crippen molar-refractivity contribution in [1.29, 1.82) is 0 Å². The van der Waals surface area contributed by atoms with E-state index < -0.39 is 0 Å². The highest BCUT2D eigenvalue weighted by molar-refractivity contribution is 5.64. The topological polar surface area (TPSA) is 37.8 Å². The van der Waals surface area contributed by atoms with Gasteiger partial charge in [-0.1, -0.05) is 25.1 Å². The lowest BCUT2D eigenvalue weighted by Gasteiger charge is -2.13. The normalized spacial score (nSPS) is 10.6.